The molecule has 5 heteroatoms. The topological polar surface area (TPSA) is 59.6 Å². The van der Waals surface area contributed by atoms with Gasteiger partial charge >= 0.3 is 0 Å². The smallest absolute Gasteiger partial charge is 0.188 e. The van der Waals surface area contributed by atoms with E-state index in [0.29, 0.717) is 19.1 Å². The second-order valence-electron chi connectivity index (χ2n) is 4.54. The third-order valence-electron chi connectivity index (χ3n) is 2.83. The molecule has 1 saturated carbocycles. The third kappa shape index (κ3) is 5.51. The van der Waals surface area contributed by atoms with Gasteiger partial charge in [0, 0.05) is 18.0 Å². The van der Waals surface area contributed by atoms with Crippen LogP contribution in [0.2, 0.25) is 0 Å². The molecule has 0 bridgehead atoms. The first-order chi connectivity index (χ1) is 8.84. The van der Waals surface area contributed by atoms with Crippen LogP contribution >= 0.6 is 11.3 Å². The molecule has 100 valence electrons. The van der Waals surface area contributed by atoms with Crippen LogP contribution < -0.4 is 11.1 Å². The SMILES string of the molecule is NC(=NCCOCC1CC1)NCCc1cccs1. The van der Waals surface area contributed by atoms with Crippen LogP contribution in [0, 0.1) is 5.92 Å². The predicted molar refractivity (Wildman–Crippen MR) is 76.1 cm³/mol. The first-order valence-electron chi connectivity index (χ1n) is 6.48. The number of hydrogen-bond donors (Lipinski definition) is 2. The fourth-order valence-corrected chi connectivity index (χ4v) is 2.30. The zero-order valence-electron chi connectivity index (χ0n) is 10.6. The first-order valence-corrected chi connectivity index (χ1v) is 7.36. The summed E-state index contributed by atoms with van der Waals surface area (Å²) >= 11 is 1.77. The molecule has 18 heavy (non-hydrogen) atoms. The lowest BCUT2D eigenvalue weighted by molar-refractivity contribution is 0.132. The molecule has 0 unspecified atom stereocenters. The Kier molecular flexibility index (Phi) is 5.48. The highest BCUT2D eigenvalue weighted by Crippen LogP contribution is 2.28. The van der Waals surface area contributed by atoms with Crippen molar-refractivity contribution in [3.8, 4) is 0 Å². The van der Waals surface area contributed by atoms with Crippen molar-refractivity contribution in [3.05, 3.63) is 22.4 Å². The summed E-state index contributed by atoms with van der Waals surface area (Å²) in [5, 5.41) is 5.20. The monoisotopic (exact) mass is 267 g/mol. The van der Waals surface area contributed by atoms with Crippen LogP contribution in [0.5, 0.6) is 0 Å². The summed E-state index contributed by atoms with van der Waals surface area (Å²) in [5.41, 5.74) is 5.75. The second kappa shape index (κ2) is 7.38. The van der Waals surface area contributed by atoms with Gasteiger partial charge in [-0.3, -0.25) is 4.99 Å². The summed E-state index contributed by atoms with van der Waals surface area (Å²) in [6.07, 6.45) is 3.65. The Hall–Kier alpha value is -1.07. The molecule has 2 rings (SSSR count). The van der Waals surface area contributed by atoms with Crippen molar-refractivity contribution in [2.75, 3.05) is 26.3 Å². The highest BCUT2D eigenvalue weighted by Gasteiger charge is 2.20. The predicted octanol–water partition coefficient (Wildman–Crippen LogP) is 1.62. The van der Waals surface area contributed by atoms with Gasteiger partial charge < -0.3 is 15.8 Å². The van der Waals surface area contributed by atoms with E-state index in [0.717, 1.165) is 25.5 Å². The largest absolute Gasteiger partial charge is 0.379 e. The van der Waals surface area contributed by atoms with E-state index in [-0.39, 0.29) is 0 Å². The van der Waals surface area contributed by atoms with Crippen LogP contribution in [0.15, 0.2) is 22.5 Å². The molecule has 1 fully saturated rings. The van der Waals surface area contributed by atoms with Gasteiger partial charge in [-0.2, -0.15) is 0 Å². The van der Waals surface area contributed by atoms with Crippen molar-refractivity contribution in [3.63, 3.8) is 0 Å². The number of hydrogen-bond acceptors (Lipinski definition) is 3. The highest BCUT2D eigenvalue weighted by atomic mass is 32.1. The third-order valence-corrected chi connectivity index (χ3v) is 3.76. The molecule has 4 nitrogen and oxygen atoms in total. The molecule has 0 atom stereocenters. The molecule has 1 aliphatic rings. The highest BCUT2D eigenvalue weighted by molar-refractivity contribution is 7.09. The van der Waals surface area contributed by atoms with E-state index in [9.17, 15) is 0 Å². The molecule has 3 N–H and O–H groups in total. The van der Waals surface area contributed by atoms with Gasteiger partial charge in [0.15, 0.2) is 5.96 Å². The second-order valence-corrected chi connectivity index (χ2v) is 5.57. The van der Waals surface area contributed by atoms with E-state index in [1.54, 1.807) is 11.3 Å². The molecule has 0 saturated heterocycles. The minimum Gasteiger partial charge on any atom is -0.379 e. The van der Waals surface area contributed by atoms with Crippen molar-refractivity contribution in [1.82, 2.24) is 5.32 Å². The summed E-state index contributed by atoms with van der Waals surface area (Å²) in [7, 11) is 0. The number of ether oxygens (including phenoxy) is 1. The van der Waals surface area contributed by atoms with Crippen molar-refractivity contribution >= 4 is 17.3 Å². The van der Waals surface area contributed by atoms with Crippen molar-refractivity contribution < 1.29 is 4.74 Å². The van der Waals surface area contributed by atoms with Gasteiger partial charge in [0.05, 0.1) is 13.2 Å². The van der Waals surface area contributed by atoms with Crippen LogP contribution in [0.1, 0.15) is 17.7 Å². The zero-order valence-corrected chi connectivity index (χ0v) is 11.4. The first kappa shape index (κ1) is 13.4. The van der Waals surface area contributed by atoms with Gasteiger partial charge in [0.1, 0.15) is 0 Å². The molecule has 0 aromatic carbocycles. The van der Waals surface area contributed by atoms with Crippen molar-refractivity contribution in [1.29, 1.82) is 0 Å². The molecule has 1 aromatic rings. The lowest BCUT2D eigenvalue weighted by atomic mass is 10.3. The molecule has 1 aromatic heterocycles. The van der Waals surface area contributed by atoms with Crippen molar-refractivity contribution in [2.24, 2.45) is 16.6 Å². The standard InChI is InChI=1S/C13H21N3OS/c14-13(15-6-5-12-2-1-9-18-12)16-7-8-17-10-11-3-4-11/h1-2,9,11H,3-8,10H2,(H3,14,15,16). The minimum absolute atomic E-state index is 0.515. The number of nitrogens with two attached hydrogens (primary N) is 1. The van der Waals surface area contributed by atoms with E-state index < -0.39 is 0 Å². The van der Waals surface area contributed by atoms with Gasteiger partial charge in [0.25, 0.3) is 0 Å². The normalized spacial score (nSPS) is 15.9. The van der Waals surface area contributed by atoms with E-state index in [4.69, 9.17) is 10.5 Å². The number of thiophene rings is 1. The van der Waals surface area contributed by atoms with Gasteiger partial charge in [-0.25, -0.2) is 0 Å². The lowest BCUT2D eigenvalue weighted by Gasteiger charge is -2.05. The summed E-state index contributed by atoms with van der Waals surface area (Å²) in [6.45, 7) is 3.04. The average molecular weight is 267 g/mol. The Bertz CT molecular complexity index is 360. The molecule has 1 heterocycles. The Balaban J connectivity index is 1.48. The number of aliphatic imine (C=N–C) groups is 1. The van der Waals surface area contributed by atoms with Gasteiger partial charge in [0.2, 0.25) is 0 Å². The van der Waals surface area contributed by atoms with Crippen LogP contribution in [-0.2, 0) is 11.2 Å². The van der Waals surface area contributed by atoms with E-state index in [1.807, 2.05) is 0 Å². The molecule has 0 aliphatic heterocycles. The molecule has 0 radical (unpaired) electrons. The average Bonchev–Trinajstić information content (AvgIpc) is 3.04. The van der Waals surface area contributed by atoms with Gasteiger partial charge in [-0.05, 0) is 36.6 Å². The molecule has 0 spiro atoms. The Morgan fingerprint density at radius 2 is 2.44 bits per heavy atom. The number of guanidine groups is 1. The Labute approximate surface area is 112 Å². The van der Waals surface area contributed by atoms with E-state index in [2.05, 4.69) is 27.8 Å². The maximum absolute atomic E-state index is 5.75. The number of nitrogens with zero attached hydrogens (tertiary/aromatic N) is 1. The molecule has 1 aliphatic carbocycles. The van der Waals surface area contributed by atoms with Crippen molar-refractivity contribution in [2.45, 2.75) is 19.3 Å². The fourth-order valence-electron chi connectivity index (χ4n) is 1.59. The van der Waals surface area contributed by atoms with Gasteiger partial charge in [-0.15, -0.1) is 11.3 Å². The van der Waals surface area contributed by atoms with Crippen LogP contribution in [0.3, 0.4) is 0 Å². The summed E-state index contributed by atoms with van der Waals surface area (Å²) < 4.78 is 5.48. The van der Waals surface area contributed by atoms with E-state index >= 15 is 0 Å². The van der Waals surface area contributed by atoms with Crippen LogP contribution in [0.4, 0.5) is 0 Å². The summed E-state index contributed by atoms with van der Waals surface area (Å²) in [5.74, 6) is 1.33. The number of rotatable bonds is 8. The molecule has 0 amide bonds. The molecular weight excluding hydrogens is 246 g/mol. The maximum Gasteiger partial charge on any atom is 0.188 e. The van der Waals surface area contributed by atoms with Crippen LogP contribution in [-0.4, -0.2) is 32.3 Å². The zero-order chi connectivity index (χ0) is 12.6. The Morgan fingerprint density at radius 1 is 1.56 bits per heavy atom. The number of nitrogens with one attached hydrogen (secondary N) is 1. The Morgan fingerprint density at radius 3 is 3.17 bits per heavy atom. The molecular formula is C13H21N3OS. The maximum atomic E-state index is 5.75. The van der Waals surface area contributed by atoms with E-state index in [1.165, 1.54) is 17.7 Å². The fraction of sp³-hybridized carbons (Fsp3) is 0.615. The quantitative estimate of drug-likeness (QED) is 0.427. The summed E-state index contributed by atoms with van der Waals surface area (Å²) in [4.78, 5) is 5.59. The lowest BCUT2D eigenvalue weighted by Crippen LogP contribution is -2.33. The van der Waals surface area contributed by atoms with Crippen LogP contribution in [0.25, 0.3) is 0 Å². The minimum atomic E-state index is 0.515. The summed E-state index contributed by atoms with van der Waals surface area (Å²) in [6, 6.07) is 4.19. The van der Waals surface area contributed by atoms with Gasteiger partial charge in [-0.1, -0.05) is 6.07 Å².